The fraction of sp³-hybridized carbons (Fsp3) is 0. The molecule has 0 rings (SSSR count). The highest BCUT2D eigenvalue weighted by molar-refractivity contribution is 7.82. The third-order valence-electron chi connectivity index (χ3n) is 0.523. The minimum atomic E-state index is -0.844. The molecule has 0 aromatic carbocycles. The Labute approximate surface area is 61.9 Å². The maximum absolute atomic E-state index is 10.1. The van der Waals surface area contributed by atoms with Crippen LogP contribution in [-0.4, -0.2) is 16.9 Å². The number of primary amides is 2. The summed E-state index contributed by atoms with van der Waals surface area (Å²) in [5, 5.41) is 0. The van der Waals surface area contributed by atoms with Gasteiger partial charge < -0.3 is 11.5 Å². The van der Waals surface area contributed by atoms with Gasteiger partial charge in [-0.3, -0.25) is 15.6 Å². The van der Waals surface area contributed by atoms with Crippen LogP contribution < -0.4 is 22.3 Å². The molecule has 0 aliphatic rings. The van der Waals surface area contributed by atoms with Gasteiger partial charge in [0.2, 0.25) is 0 Å². The first-order chi connectivity index (χ1) is 4.54. The van der Waals surface area contributed by atoms with E-state index in [-0.39, 0.29) is 4.99 Å². The summed E-state index contributed by atoms with van der Waals surface area (Å²) in [6.45, 7) is 0. The number of hydrogen-bond donors (Lipinski definition) is 4. The molecule has 0 aliphatic heterocycles. The number of carbonyl (C=O) groups is 2. The van der Waals surface area contributed by atoms with Gasteiger partial charge in [0.1, 0.15) is 0 Å². The third-order valence-corrected chi connectivity index (χ3v) is 0.826. The van der Waals surface area contributed by atoms with Crippen LogP contribution in [0.5, 0.6) is 0 Å². The number of urea groups is 1. The van der Waals surface area contributed by atoms with Crippen molar-refractivity contribution in [2.75, 3.05) is 0 Å². The highest BCUT2D eigenvalue weighted by Gasteiger charge is 2.01. The Bertz CT molecular complexity index is 179. The van der Waals surface area contributed by atoms with E-state index in [0.717, 1.165) is 0 Å². The molecule has 6 nitrogen and oxygen atoms in total. The molecule has 0 radical (unpaired) electrons. The molecule has 6 N–H and O–H groups in total. The van der Waals surface area contributed by atoms with Gasteiger partial charge in [-0.1, -0.05) is 12.2 Å². The number of thiocarbonyl (C=S) groups is 1. The van der Waals surface area contributed by atoms with Gasteiger partial charge >= 0.3 is 6.03 Å². The summed E-state index contributed by atoms with van der Waals surface area (Å²) in [5.41, 5.74) is 13.2. The molecule has 0 heterocycles. The van der Waals surface area contributed by atoms with Crippen LogP contribution in [0.1, 0.15) is 0 Å². The van der Waals surface area contributed by atoms with E-state index >= 15 is 0 Å². The lowest BCUT2D eigenvalue weighted by atomic mass is 10.6. The van der Waals surface area contributed by atoms with E-state index in [9.17, 15) is 9.59 Å². The van der Waals surface area contributed by atoms with E-state index in [1.54, 1.807) is 0 Å². The van der Waals surface area contributed by atoms with Gasteiger partial charge in [0, 0.05) is 0 Å². The van der Waals surface area contributed by atoms with Crippen LogP contribution in [0.3, 0.4) is 0 Å². The predicted molar refractivity (Wildman–Crippen MR) is 37.6 cm³/mol. The molecule has 0 saturated heterocycles. The SMILES string of the molecule is NC(=O)NNC(=S)C(N)=O. The van der Waals surface area contributed by atoms with Crippen LogP contribution in [0.15, 0.2) is 0 Å². The van der Waals surface area contributed by atoms with Crippen molar-refractivity contribution in [1.29, 1.82) is 0 Å². The zero-order valence-corrected chi connectivity index (χ0v) is 5.70. The fourth-order valence-electron chi connectivity index (χ4n) is 0.180. The lowest BCUT2D eigenvalue weighted by Gasteiger charge is -2.02. The maximum Gasteiger partial charge on any atom is 0.330 e. The molecule has 0 aromatic rings. The maximum atomic E-state index is 10.1. The van der Waals surface area contributed by atoms with E-state index in [2.05, 4.69) is 23.7 Å². The Kier molecular flexibility index (Phi) is 3.12. The average molecular weight is 162 g/mol. The molecule has 0 saturated carbocycles. The van der Waals surface area contributed by atoms with Crippen molar-refractivity contribution >= 4 is 29.1 Å². The molecule has 0 atom stereocenters. The Morgan fingerprint density at radius 3 is 2.00 bits per heavy atom. The van der Waals surface area contributed by atoms with Crippen LogP contribution in [0.25, 0.3) is 0 Å². The number of amides is 3. The number of nitrogens with two attached hydrogens (primary N) is 2. The van der Waals surface area contributed by atoms with Crippen LogP contribution in [0.4, 0.5) is 4.79 Å². The first kappa shape index (κ1) is 8.63. The van der Waals surface area contributed by atoms with E-state index in [1.165, 1.54) is 0 Å². The Hall–Kier alpha value is -1.37. The molecule has 0 aliphatic carbocycles. The number of nitrogens with one attached hydrogen (secondary N) is 2. The van der Waals surface area contributed by atoms with Crippen molar-refractivity contribution in [3.05, 3.63) is 0 Å². The largest absolute Gasteiger partial charge is 0.364 e. The second kappa shape index (κ2) is 3.62. The third kappa shape index (κ3) is 3.61. The van der Waals surface area contributed by atoms with Crippen molar-refractivity contribution in [3.8, 4) is 0 Å². The molecule has 0 unspecified atom stereocenters. The number of hydrogen-bond acceptors (Lipinski definition) is 3. The van der Waals surface area contributed by atoms with E-state index < -0.39 is 11.9 Å². The number of hydrazine groups is 1. The van der Waals surface area contributed by atoms with Crippen LogP contribution >= 0.6 is 12.2 Å². The standard InChI is InChI=1S/C3H6N4O2S/c4-1(8)2(10)6-7-3(5)9/h(H2,4,8)(H,6,10)(H3,5,7,9). The highest BCUT2D eigenvalue weighted by atomic mass is 32.1. The summed E-state index contributed by atoms with van der Waals surface area (Å²) in [5.74, 6) is -0.830. The zero-order chi connectivity index (χ0) is 8.15. The fourth-order valence-corrected chi connectivity index (χ4v) is 0.231. The number of carbonyl (C=O) groups excluding carboxylic acids is 2. The quantitative estimate of drug-likeness (QED) is 0.243. The summed E-state index contributed by atoms with van der Waals surface area (Å²) < 4.78 is 0. The Morgan fingerprint density at radius 2 is 1.70 bits per heavy atom. The normalized spacial score (nSPS) is 8.00. The first-order valence-electron chi connectivity index (χ1n) is 2.19. The highest BCUT2D eigenvalue weighted by Crippen LogP contribution is 1.64. The minimum Gasteiger partial charge on any atom is -0.364 e. The van der Waals surface area contributed by atoms with Crippen molar-refractivity contribution in [1.82, 2.24) is 10.9 Å². The van der Waals surface area contributed by atoms with Crippen molar-refractivity contribution < 1.29 is 9.59 Å². The van der Waals surface area contributed by atoms with Crippen molar-refractivity contribution in [2.45, 2.75) is 0 Å². The minimum absolute atomic E-state index is 0.293. The first-order valence-corrected chi connectivity index (χ1v) is 2.60. The molecule has 10 heavy (non-hydrogen) atoms. The molecule has 3 amide bonds. The summed E-state index contributed by atoms with van der Waals surface area (Å²) in [6, 6.07) is -0.844. The monoisotopic (exact) mass is 162 g/mol. The lowest BCUT2D eigenvalue weighted by molar-refractivity contribution is -0.112. The smallest absolute Gasteiger partial charge is 0.330 e. The van der Waals surface area contributed by atoms with Crippen LogP contribution in [-0.2, 0) is 4.79 Å². The second-order valence-corrected chi connectivity index (χ2v) is 1.72. The molecule has 7 heteroatoms. The summed E-state index contributed by atoms with van der Waals surface area (Å²) in [4.78, 5) is 19.8. The summed E-state index contributed by atoms with van der Waals surface area (Å²) >= 11 is 4.34. The van der Waals surface area contributed by atoms with Gasteiger partial charge in [-0.25, -0.2) is 4.79 Å². The molecule has 0 aromatic heterocycles. The molecule has 0 fully saturated rings. The average Bonchev–Trinajstić information content (AvgIpc) is 1.82. The van der Waals surface area contributed by atoms with Gasteiger partial charge in [0.15, 0.2) is 4.99 Å². The van der Waals surface area contributed by atoms with Gasteiger partial charge in [0.25, 0.3) is 5.91 Å². The predicted octanol–water partition coefficient (Wildman–Crippen LogP) is -2.03. The number of rotatable bonds is 0. The van der Waals surface area contributed by atoms with Gasteiger partial charge in [-0.15, -0.1) is 0 Å². The van der Waals surface area contributed by atoms with Crippen molar-refractivity contribution in [2.24, 2.45) is 11.5 Å². The van der Waals surface area contributed by atoms with E-state index in [4.69, 9.17) is 0 Å². The summed E-state index contributed by atoms with van der Waals surface area (Å²) in [7, 11) is 0. The summed E-state index contributed by atoms with van der Waals surface area (Å²) in [6.07, 6.45) is 0. The van der Waals surface area contributed by atoms with E-state index in [0.29, 0.717) is 0 Å². The second-order valence-electron chi connectivity index (χ2n) is 1.31. The molecular formula is C3H6N4O2S. The topological polar surface area (TPSA) is 110 Å². The molecule has 56 valence electrons. The zero-order valence-electron chi connectivity index (χ0n) is 4.88. The van der Waals surface area contributed by atoms with E-state index in [1.807, 2.05) is 10.9 Å². The van der Waals surface area contributed by atoms with Crippen LogP contribution in [0, 0.1) is 0 Å². The van der Waals surface area contributed by atoms with Gasteiger partial charge in [0.05, 0.1) is 0 Å². The van der Waals surface area contributed by atoms with Crippen LogP contribution in [0.2, 0.25) is 0 Å². The Morgan fingerprint density at radius 1 is 1.20 bits per heavy atom. The van der Waals surface area contributed by atoms with Crippen molar-refractivity contribution in [3.63, 3.8) is 0 Å². The lowest BCUT2D eigenvalue weighted by Crippen LogP contribution is -2.48. The molecule has 0 spiro atoms. The molecule has 0 bridgehead atoms. The van der Waals surface area contributed by atoms with Gasteiger partial charge in [-0.2, -0.15) is 0 Å². The Balaban J connectivity index is 3.60. The molecular weight excluding hydrogens is 156 g/mol. The van der Waals surface area contributed by atoms with Gasteiger partial charge in [-0.05, 0) is 0 Å².